The molecule has 2 aromatic rings. The van der Waals surface area contributed by atoms with Gasteiger partial charge in [-0.2, -0.15) is 0 Å². The average molecular weight is 452 g/mol. The highest BCUT2D eigenvalue weighted by Gasteiger charge is 2.33. The zero-order valence-corrected chi connectivity index (χ0v) is 19.8. The van der Waals surface area contributed by atoms with Crippen LogP contribution in [0, 0.1) is 23.6 Å². The predicted octanol–water partition coefficient (Wildman–Crippen LogP) is 5.46. The van der Waals surface area contributed by atoms with Crippen molar-refractivity contribution in [1.82, 2.24) is 4.90 Å². The Bertz CT molecular complexity index is 1020. The van der Waals surface area contributed by atoms with Gasteiger partial charge in [0.05, 0.1) is 12.5 Å². The molecule has 0 radical (unpaired) electrons. The molecule has 5 heteroatoms. The number of benzene rings is 2. The normalized spacial score (nSPS) is 17.6. The average Bonchev–Trinajstić information content (AvgIpc) is 2.75. The lowest BCUT2D eigenvalue weighted by Gasteiger charge is -2.38. The molecule has 1 fully saturated rings. The molecule has 0 bridgehead atoms. The van der Waals surface area contributed by atoms with Gasteiger partial charge >= 0.3 is 5.97 Å². The molecule has 1 heterocycles. The number of fused-ring (bicyclic) bond motifs is 1. The summed E-state index contributed by atoms with van der Waals surface area (Å²) in [7, 11) is 0. The Morgan fingerprint density at radius 2 is 1.88 bits per heavy atom. The van der Waals surface area contributed by atoms with Gasteiger partial charge < -0.3 is 9.84 Å². The quantitative estimate of drug-likeness (QED) is 0.550. The van der Waals surface area contributed by atoms with Crippen molar-refractivity contribution in [3.8, 4) is 5.75 Å². The number of halogens is 1. The molecule has 1 aliphatic carbocycles. The van der Waals surface area contributed by atoms with E-state index in [1.54, 1.807) is 0 Å². The van der Waals surface area contributed by atoms with Gasteiger partial charge in [0.25, 0.3) is 0 Å². The van der Waals surface area contributed by atoms with Crippen molar-refractivity contribution in [3.05, 3.63) is 70.5 Å². The SMILES string of the molecule is CC1=C(CN2CC(C(=O)O)C2)CCc2cc(OCC(Cc3ccc(F)cc3)C(C)C)ccc21. The van der Waals surface area contributed by atoms with Gasteiger partial charge in [0.2, 0.25) is 0 Å². The third-order valence-corrected chi connectivity index (χ3v) is 7.25. The molecule has 1 atom stereocenters. The van der Waals surface area contributed by atoms with Crippen LogP contribution in [0.4, 0.5) is 4.39 Å². The molecule has 33 heavy (non-hydrogen) atoms. The number of carboxylic acids is 1. The summed E-state index contributed by atoms with van der Waals surface area (Å²) < 4.78 is 19.4. The Morgan fingerprint density at radius 3 is 2.55 bits per heavy atom. The smallest absolute Gasteiger partial charge is 0.309 e. The number of aryl methyl sites for hydroxylation is 1. The molecule has 1 saturated heterocycles. The summed E-state index contributed by atoms with van der Waals surface area (Å²) in [5, 5.41) is 9.09. The van der Waals surface area contributed by atoms with Crippen LogP contribution in [0.1, 0.15) is 43.9 Å². The number of carboxylic acid groups (broad SMARTS) is 1. The van der Waals surface area contributed by atoms with E-state index >= 15 is 0 Å². The Morgan fingerprint density at radius 1 is 1.15 bits per heavy atom. The van der Waals surface area contributed by atoms with Crippen LogP contribution in [-0.4, -0.2) is 42.2 Å². The number of likely N-dealkylation sites (tertiary alicyclic amines) is 1. The summed E-state index contributed by atoms with van der Waals surface area (Å²) in [5.74, 6) is 0.623. The van der Waals surface area contributed by atoms with Gasteiger partial charge in [-0.05, 0) is 84.6 Å². The van der Waals surface area contributed by atoms with Gasteiger partial charge in [-0.3, -0.25) is 9.69 Å². The largest absolute Gasteiger partial charge is 0.493 e. The highest BCUT2D eigenvalue weighted by Crippen LogP contribution is 2.35. The highest BCUT2D eigenvalue weighted by molar-refractivity contribution is 5.73. The fourth-order valence-electron chi connectivity index (χ4n) is 4.83. The van der Waals surface area contributed by atoms with Crippen molar-refractivity contribution in [2.75, 3.05) is 26.2 Å². The second-order valence-electron chi connectivity index (χ2n) is 9.92. The predicted molar refractivity (Wildman–Crippen MR) is 129 cm³/mol. The van der Waals surface area contributed by atoms with E-state index in [-0.39, 0.29) is 11.7 Å². The number of rotatable bonds is 9. The number of allylic oxidation sites excluding steroid dienone is 1. The monoisotopic (exact) mass is 451 g/mol. The number of ether oxygens (including phenoxy) is 1. The summed E-state index contributed by atoms with van der Waals surface area (Å²) in [5.41, 5.74) is 6.47. The first kappa shape index (κ1) is 23.5. The van der Waals surface area contributed by atoms with Gasteiger partial charge in [0, 0.05) is 19.6 Å². The molecule has 1 N–H and O–H groups in total. The minimum absolute atomic E-state index is 0.202. The first-order valence-corrected chi connectivity index (χ1v) is 11.9. The third-order valence-electron chi connectivity index (χ3n) is 7.25. The van der Waals surface area contributed by atoms with Gasteiger partial charge in [-0.1, -0.05) is 37.6 Å². The van der Waals surface area contributed by atoms with E-state index < -0.39 is 5.97 Å². The summed E-state index contributed by atoms with van der Waals surface area (Å²) in [4.78, 5) is 13.3. The second-order valence-corrected chi connectivity index (χ2v) is 9.92. The standard InChI is InChI=1S/C28H34FNO3/c1-18(2)23(12-20-4-8-25(29)9-5-20)17-33-26-10-11-27-19(3)22(7-6-21(27)13-26)14-30-15-24(16-30)28(31)32/h4-5,8-11,13,18,23-24H,6-7,12,14-17H2,1-3H3,(H,31,32). The zero-order chi connectivity index (χ0) is 23.5. The molecule has 2 aliphatic rings. The van der Waals surface area contributed by atoms with E-state index in [1.807, 2.05) is 12.1 Å². The lowest BCUT2D eigenvalue weighted by molar-refractivity contribution is -0.147. The minimum atomic E-state index is -0.684. The fraction of sp³-hybridized carbons (Fsp3) is 0.464. The molecule has 0 aromatic heterocycles. The topological polar surface area (TPSA) is 49.8 Å². The van der Waals surface area contributed by atoms with Crippen molar-refractivity contribution in [2.24, 2.45) is 17.8 Å². The molecule has 0 spiro atoms. The van der Waals surface area contributed by atoms with E-state index in [9.17, 15) is 9.18 Å². The van der Waals surface area contributed by atoms with Crippen LogP contribution < -0.4 is 4.74 Å². The van der Waals surface area contributed by atoms with Crippen molar-refractivity contribution in [3.63, 3.8) is 0 Å². The summed E-state index contributed by atoms with van der Waals surface area (Å²) in [6, 6.07) is 13.2. The molecular formula is C28H34FNO3. The van der Waals surface area contributed by atoms with Gasteiger partial charge in [-0.25, -0.2) is 4.39 Å². The van der Waals surface area contributed by atoms with E-state index in [2.05, 4.69) is 43.9 Å². The fourth-order valence-corrected chi connectivity index (χ4v) is 4.83. The number of carbonyl (C=O) groups is 1. The summed E-state index contributed by atoms with van der Waals surface area (Å²) in [6.45, 7) is 9.40. The third kappa shape index (κ3) is 5.64. The van der Waals surface area contributed by atoms with Crippen LogP contribution in [0.5, 0.6) is 5.75 Å². The van der Waals surface area contributed by atoms with Crippen molar-refractivity contribution >= 4 is 11.5 Å². The number of aliphatic carboxylic acids is 1. The maximum atomic E-state index is 13.2. The van der Waals surface area contributed by atoms with Crippen LogP contribution in [0.15, 0.2) is 48.0 Å². The molecule has 2 aromatic carbocycles. The Labute approximate surface area is 196 Å². The number of nitrogens with zero attached hydrogens (tertiary/aromatic N) is 1. The Kier molecular flexibility index (Phi) is 7.18. The van der Waals surface area contributed by atoms with Gasteiger partial charge in [0.1, 0.15) is 11.6 Å². The lowest BCUT2D eigenvalue weighted by atomic mass is 9.85. The van der Waals surface area contributed by atoms with Crippen molar-refractivity contribution < 1.29 is 19.0 Å². The molecule has 0 saturated carbocycles. The van der Waals surface area contributed by atoms with E-state index in [4.69, 9.17) is 9.84 Å². The number of hydrogen-bond acceptors (Lipinski definition) is 3. The van der Waals surface area contributed by atoms with E-state index in [0.29, 0.717) is 31.5 Å². The Balaban J connectivity index is 1.37. The van der Waals surface area contributed by atoms with Crippen LogP contribution in [0.25, 0.3) is 5.57 Å². The van der Waals surface area contributed by atoms with Crippen LogP contribution >= 0.6 is 0 Å². The van der Waals surface area contributed by atoms with Gasteiger partial charge in [-0.15, -0.1) is 0 Å². The second kappa shape index (κ2) is 10.1. The van der Waals surface area contributed by atoms with Gasteiger partial charge in [0.15, 0.2) is 0 Å². The van der Waals surface area contributed by atoms with E-state index in [0.717, 1.165) is 37.1 Å². The van der Waals surface area contributed by atoms with E-state index in [1.165, 1.54) is 34.4 Å². The Hall–Kier alpha value is -2.66. The summed E-state index contributed by atoms with van der Waals surface area (Å²) in [6.07, 6.45) is 2.86. The van der Waals surface area contributed by atoms with Crippen LogP contribution in [0.3, 0.4) is 0 Å². The molecular weight excluding hydrogens is 417 g/mol. The molecule has 176 valence electrons. The maximum Gasteiger partial charge on any atom is 0.309 e. The maximum absolute atomic E-state index is 13.2. The summed E-state index contributed by atoms with van der Waals surface area (Å²) >= 11 is 0. The van der Waals surface area contributed by atoms with Crippen molar-refractivity contribution in [2.45, 2.75) is 40.0 Å². The van der Waals surface area contributed by atoms with Crippen molar-refractivity contribution in [1.29, 1.82) is 0 Å². The zero-order valence-electron chi connectivity index (χ0n) is 19.8. The molecule has 0 amide bonds. The van der Waals surface area contributed by atoms with Crippen LogP contribution in [-0.2, 0) is 17.6 Å². The lowest BCUT2D eigenvalue weighted by Crippen LogP contribution is -2.50. The number of hydrogen-bond donors (Lipinski definition) is 1. The highest BCUT2D eigenvalue weighted by atomic mass is 19.1. The molecule has 4 rings (SSSR count). The first-order valence-electron chi connectivity index (χ1n) is 11.9. The first-order chi connectivity index (χ1) is 15.8. The molecule has 4 nitrogen and oxygen atoms in total. The molecule has 1 unspecified atom stereocenters. The molecule has 1 aliphatic heterocycles. The minimum Gasteiger partial charge on any atom is -0.493 e. The van der Waals surface area contributed by atoms with Crippen LogP contribution in [0.2, 0.25) is 0 Å².